The van der Waals surface area contributed by atoms with Crippen LogP contribution in [0.3, 0.4) is 0 Å². The standard InChI is InChI=1S/C20H25N3O3S/c1-15(16-5-3-2-4-6-16)23-13-11-17(12-14-23)20(24)22-18-7-9-19(10-8-18)27(21,25)26/h2-10,15,17H,11-14H2,1H3,(H,22,24)(H2,21,25,26). The van der Waals surface area contributed by atoms with E-state index < -0.39 is 10.0 Å². The van der Waals surface area contributed by atoms with Crippen LogP contribution >= 0.6 is 0 Å². The lowest BCUT2D eigenvalue weighted by Crippen LogP contribution is -2.39. The lowest BCUT2D eigenvalue weighted by molar-refractivity contribution is -0.121. The molecule has 27 heavy (non-hydrogen) atoms. The van der Waals surface area contributed by atoms with Gasteiger partial charge in [0.05, 0.1) is 4.90 Å². The molecule has 1 aliphatic heterocycles. The second-order valence-electron chi connectivity index (χ2n) is 6.96. The van der Waals surface area contributed by atoms with Crippen LogP contribution in [0.5, 0.6) is 0 Å². The molecule has 2 aromatic carbocycles. The van der Waals surface area contributed by atoms with Gasteiger partial charge in [0.25, 0.3) is 0 Å². The first-order chi connectivity index (χ1) is 12.8. The van der Waals surface area contributed by atoms with E-state index in [2.05, 4.69) is 29.3 Å². The van der Waals surface area contributed by atoms with Gasteiger partial charge in [-0.25, -0.2) is 13.6 Å². The van der Waals surface area contributed by atoms with Crippen molar-refractivity contribution in [2.24, 2.45) is 11.1 Å². The number of carbonyl (C=O) groups is 1. The van der Waals surface area contributed by atoms with E-state index in [1.165, 1.54) is 17.7 Å². The van der Waals surface area contributed by atoms with E-state index in [9.17, 15) is 13.2 Å². The summed E-state index contributed by atoms with van der Waals surface area (Å²) in [5.41, 5.74) is 1.86. The summed E-state index contributed by atoms with van der Waals surface area (Å²) in [5.74, 6) is -0.0625. The maximum Gasteiger partial charge on any atom is 0.238 e. The lowest BCUT2D eigenvalue weighted by Gasteiger charge is -2.35. The Morgan fingerprint density at radius 1 is 1.07 bits per heavy atom. The Bertz CT molecular complexity index is 874. The fourth-order valence-corrected chi connectivity index (χ4v) is 3.98. The van der Waals surface area contributed by atoms with Crippen LogP contribution in [0.25, 0.3) is 0 Å². The predicted octanol–water partition coefficient (Wildman–Crippen LogP) is 2.75. The van der Waals surface area contributed by atoms with E-state index in [4.69, 9.17) is 5.14 Å². The van der Waals surface area contributed by atoms with E-state index in [1.807, 2.05) is 18.2 Å². The first-order valence-electron chi connectivity index (χ1n) is 9.07. The van der Waals surface area contributed by atoms with E-state index >= 15 is 0 Å². The van der Waals surface area contributed by atoms with Gasteiger partial charge < -0.3 is 5.32 Å². The Morgan fingerprint density at radius 3 is 2.22 bits per heavy atom. The highest BCUT2D eigenvalue weighted by Crippen LogP contribution is 2.27. The summed E-state index contributed by atoms with van der Waals surface area (Å²) in [7, 11) is -3.72. The van der Waals surface area contributed by atoms with Gasteiger partial charge in [-0.3, -0.25) is 9.69 Å². The summed E-state index contributed by atoms with van der Waals surface area (Å²) in [6.45, 7) is 3.94. The SMILES string of the molecule is CC(c1ccccc1)N1CCC(C(=O)Nc2ccc(S(N)(=O)=O)cc2)CC1. The summed E-state index contributed by atoms with van der Waals surface area (Å²) in [6, 6.07) is 16.6. The summed E-state index contributed by atoms with van der Waals surface area (Å²) < 4.78 is 22.6. The van der Waals surface area contributed by atoms with E-state index in [-0.39, 0.29) is 16.7 Å². The molecule has 1 atom stereocenters. The van der Waals surface area contributed by atoms with Crippen molar-refractivity contribution in [3.05, 3.63) is 60.2 Å². The monoisotopic (exact) mass is 387 g/mol. The fourth-order valence-electron chi connectivity index (χ4n) is 3.46. The summed E-state index contributed by atoms with van der Waals surface area (Å²) >= 11 is 0. The number of nitrogens with one attached hydrogen (secondary N) is 1. The molecule has 2 aromatic rings. The number of nitrogens with two attached hydrogens (primary N) is 1. The number of sulfonamides is 1. The van der Waals surface area contributed by atoms with Crippen molar-refractivity contribution < 1.29 is 13.2 Å². The van der Waals surface area contributed by atoms with Crippen LogP contribution in [-0.4, -0.2) is 32.3 Å². The minimum Gasteiger partial charge on any atom is -0.326 e. The summed E-state index contributed by atoms with van der Waals surface area (Å²) in [5, 5.41) is 7.96. The van der Waals surface area contributed by atoms with Gasteiger partial charge in [-0.15, -0.1) is 0 Å². The number of nitrogens with zero attached hydrogens (tertiary/aromatic N) is 1. The molecular formula is C20H25N3O3S. The quantitative estimate of drug-likeness (QED) is 0.825. The van der Waals surface area contributed by atoms with Crippen LogP contribution in [0, 0.1) is 5.92 Å². The van der Waals surface area contributed by atoms with Gasteiger partial charge in [-0.1, -0.05) is 30.3 Å². The minimum absolute atomic E-state index is 0.0228. The zero-order valence-electron chi connectivity index (χ0n) is 15.3. The largest absolute Gasteiger partial charge is 0.326 e. The van der Waals surface area contributed by atoms with E-state index in [1.54, 1.807) is 12.1 Å². The number of carbonyl (C=O) groups excluding carboxylic acids is 1. The number of benzene rings is 2. The third-order valence-electron chi connectivity index (χ3n) is 5.18. The second kappa shape index (κ2) is 8.21. The van der Waals surface area contributed by atoms with Gasteiger partial charge in [0, 0.05) is 17.6 Å². The molecule has 1 aliphatic rings. The normalized spacial score (nSPS) is 17.4. The molecule has 144 valence electrons. The topological polar surface area (TPSA) is 92.5 Å². The van der Waals surface area contributed by atoms with Gasteiger partial charge >= 0.3 is 0 Å². The lowest BCUT2D eigenvalue weighted by atomic mass is 9.93. The van der Waals surface area contributed by atoms with Crippen molar-refractivity contribution in [1.82, 2.24) is 4.90 Å². The molecule has 0 spiro atoms. The number of piperidine rings is 1. The number of rotatable bonds is 5. The smallest absolute Gasteiger partial charge is 0.238 e. The first-order valence-corrected chi connectivity index (χ1v) is 10.6. The van der Waals surface area contributed by atoms with Crippen LogP contribution < -0.4 is 10.5 Å². The molecule has 1 unspecified atom stereocenters. The van der Waals surface area contributed by atoms with Crippen LogP contribution in [0.15, 0.2) is 59.5 Å². The first kappa shape index (κ1) is 19.5. The van der Waals surface area contributed by atoms with Gasteiger partial charge in [0.2, 0.25) is 15.9 Å². The zero-order chi connectivity index (χ0) is 19.4. The minimum atomic E-state index is -3.72. The van der Waals surface area contributed by atoms with Crippen molar-refractivity contribution in [2.75, 3.05) is 18.4 Å². The Morgan fingerprint density at radius 2 is 1.67 bits per heavy atom. The molecule has 3 rings (SSSR count). The number of likely N-dealkylation sites (tertiary alicyclic amines) is 1. The molecule has 1 amide bonds. The second-order valence-corrected chi connectivity index (χ2v) is 8.52. The molecule has 0 radical (unpaired) electrons. The molecule has 0 aliphatic carbocycles. The Kier molecular flexibility index (Phi) is 5.94. The Hall–Kier alpha value is -2.22. The van der Waals surface area contributed by atoms with E-state index in [0.29, 0.717) is 11.7 Å². The van der Waals surface area contributed by atoms with Crippen molar-refractivity contribution >= 4 is 21.6 Å². The van der Waals surface area contributed by atoms with E-state index in [0.717, 1.165) is 25.9 Å². The van der Waals surface area contributed by atoms with Gasteiger partial charge in [0.1, 0.15) is 0 Å². The highest BCUT2D eigenvalue weighted by Gasteiger charge is 2.27. The number of hydrogen-bond donors (Lipinski definition) is 2. The third kappa shape index (κ3) is 4.94. The molecule has 0 saturated carbocycles. The zero-order valence-corrected chi connectivity index (χ0v) is 16.2. The van der Waals surface area contributed by atoms with Crippen molar-refractivity contribution in [3.63, 3.8) is 0 Å². The highest BCUT2D eigenvalue weighted by molar-refractivity contribution is 7.89. The summed E-state index contributed by atoms with van der Waals surface area (Å²) in [6.07, 6.45) is 1.61. The molecule has 0 aromatic heterocycles. The molecule has 1 fully saturated rings. The third-order valence-corrected chi connectivity index (χ3v) is 6.11. The average Bonchev–Trinajstić information content (AvgIpc) is 2.68. The molecule has 0 bridgehead atoms. The predicted molar refractivity (Wildman–Crippen MR) is 106 cm³/mol. The molecule has 6 nitrogen and oxygen atoms in total. The maximum absolute atomic E-state index is 12.5. The number of anilines is 1. The van der Waals surface area contributed by atoms with Crippen molar-refractivity contribution in [2.45, 2.75) is 30.7 Å². The molecular weight excluding hydrogens is 362 g/mol. The van der Waals surface area contributed by atoms with Crippen molar-refractivity contribution in [3.8, 4) is 0 Å². The number of primary sulfonamides is 1. The van der Waals surface area contributed by atoms with Crippen LogP contribution in [0.2, 0.25) is 0 Å². The molecule has 3 N–H and O–H groups in total. The maximum atomic E-state index is 12.5. The number of amides is 1. The van der Waals surface area contributed by atoms with Crippen LogP contribution in [0.4, 0.5) is 5.69 Å². The van der Waals surface area contributed by atoms with Gasteiger partial charge in [0.15, 0.2) is 0 Å². The Balaban J connectivity index is 1.54. The Labute approximate surface area is 160 Å². The van der Waals surface area contributed by atoms with Gasteiger partial charge in [-0.2, -0.15) is 0 Å². The van der Waals surface area contributed by atoms with Crippen molar-refractivity contribution in [1.29, 1.82) is 0 Å². The van der Waals surface area contributed by atoms with Crippen LogP contribution in [0.1, 0.15) is 31.4 Å². The molecule has 1 saturated heterocycles. The van der Waals surface area contributed by atoms with Crippen LogP contribution in [-0.2, 0) is 14.8 Å². The molecule has 7 heteroatoms. The highest BCUT2D eigenvalue weighted by atomic mass is 32.2. The molecule has 1 heterocycles. The van der Waals surface area contributed by atoms with Gasteiger partial charge in [-0.05, 0) is 62.7 Å². The average molecular weight is 388 g/mol. The fraction of sp³-hybridized carbons (Fsp3) is 0.350. The summed E-state index contributed by atoms with van der Waals surface area (Å²) in [4.78, 5) is 15.0. The number of hydrogen-bond acceptors (Lipinski definition) is 4.